The van der Waals surface area contributed by atoms with Crippen LogP contribution in [-0.4, -0.2) is 64.1 Å². The molecule has 32 heavy (non-hydrogen) atoms. The SMILES string of the molecule is CC(CNC(=O)COC(=O)c1ccc(F)c(S(=O)(=O)N2CCOCC2)c1)c1ccccc1. The number of carbonyl (C=O) groups is 2. The van der Waals surface area contributed by atoms with Crippen molar-refractivity contribution in [2.24, 2.45) is 0 Å². The van der Waals surface area contributed by atoms with Gasteiger partial charge in [-0.3, -0.25) is 4.79 Å². The molecule has 1 unspecified atom stereocenters. The number of halogens is 1. The van der Waals surface area contributed by atoms with E-state index >= 15 is 0 Å². The van der Waals surface area contributed by atoms with Gasteiger partial charge in [-0.15, -0.1) is 0 Å². The van der Waals surface area contributed by atoms with Crippen LogP contribution in [0.3, 0.4) is 0 Å². The molecule has 10 heteroatoms. The molecule has 8 nitrogen and oxygen atoms in total. The number of nitrogens with one attached hydrogen (secondary N) is 1. The van der Waals surface area contributed by atoms with E-state index in [1.807, 2.05) is 37.3 Å². The Morgan fingerprint density at radius 2 is 1.84 bits per heavy atom. The number of benzene rings is 2. The summed E-state index contributed by atoms with van der Waals surface area (Å²) in [6.07, 6.45) is 0. The fraction of sp³-hybridized carbons (Fsp3) is 0.364. The van der Waals surface area contributed by atoms with Gasteiger partial charge >= 0.3 is 5.97 Å². The van der Waals surface area contributed by atoms with Crippen LogP contribution >= 0.6 is 0 Å². The van der Waals surface area contributed by atoms with Crippen molar-refractivity contribution >= 4 is 21.9 Å². The van der Waals surface area contributed by atoms with Gasteiger partial charge in [-0.25, -0.2) is 17.6 Å². The molecule has 1 amide bonds. The largest absolute Gasteiger partial charge is 0.452 e. The average Bonchev–Trinajstić information content (AvgIpc) is 2.82. The Kier molecular flexibility index (Phi) is 7.94. The number of esters is 1. The number of nitrogens with zero attached hydrogens (tertiary/aromatic N) is 1. The summed E-state index contributed by atoms with van der Waals surface area (Å²) < 4.78 is 50.9. The molecule has 3 rings (SSSR count). The maximum absolute atomic E-state index is 14.3. The van der Waals surface area contributed by atoms with Gasteiger partial charge in [0.05, 0.1) is 18.8 Å². The molecule has 1 saturated heterocycles. The van der Waals surface area contributed by atoms with Crippen molar-refractivity contribution < 1.29 is 31.9 Å². The average molecular weight is 465 g/mol. The third-order valence-electron chi connectivity index (χ3n) is 5.06. The lowest BCUT2D eigenvalue weighted by Gasteiger charge is -2.26. The molecule has 1 aliphatic heterocycles. The number of sulfonamides is 1. The molecule has 172 valence electrons. The van der Waals surface area contributed by atoms with E-state index in [4.69, 9.17) is 9.47 Å². The number of carbonyl (C=O) groups excluding carboxylic acids is 2. The number of amides is 1. The van der Waals surface area contributed by atoms with Crippen LogP contribution in [0.4, 0.5) is 4.39 Å². The zero-order chi connectivity index (χ0) is 23.1. The molecule has 0 saturated carbocycles. The predicted octanol–water partition coefficient (Wildman–Crippen LogP) is 1.92. The molecule has 0 aliphatic carbocycles. The second kappa shape index (κ2) is 10.7. The first kappa shape index (κ1) is 23.8. The molecular formula is C22H25FN2O6S. The first-order valence-corrected chi connectivity index (χ1v) is 11.6. The number of hydrogen-bond acceptors (Lipinski definition) is 6. The van der Waals surface area contributed by atoms with E-state index in [9.17, 15) is 22.4 Å². The lowest BCUT2D eigenvalue weighted by Crippen LogP contribution is -2.41. The smallest absolute Gasteiger partial charge is 0.338 e. The molecule has 1 atom stereocenters. The summed E-state index contributed by atoms with van der Waals surface area (Å²) in [5.74, 6) is -2.32. The Balaban J connectivity index is 1.58. The summed E-state index contributed by atoms with van der Waals surface area (Å²) in [5, 5.41) is 2.68. The van der Waals surface area contributed by atoms with Crippen molar-refractivity contribution in [3.63, 3.8) is 0 Å². The molecule has 2 aromatic rings. The van der Waals surface area contributed by atoms with E-state index in [0.29, 0.717) is 6.54 Å². The minimum atomic E-state index is -4.13. The second-order valence-corrected chi connectivity index (χ2v) is 9.26. The van der Waals surface area contributed by atoms with E-state index < -0.39 is 39.2 Å². The Bertz CT molecular complexity index is 1060. The molecule has 1 fully saturated rings. The summed E-state index contributed by atoms with van der Waals surface area (Å²) in [6, 6.07) is 12.6. The zero-order valence-electron chi connectivity index (χ0n) is 17.6. The van der Waals surface area contributed by atoms with Gasteiger partial charge in [0.1, 0.15) is 10.7 Å². The fourth-order valence-corrected chi connectivity index (χ4v) is 4.68. The lowest BCUT2D eigenvalue weighted by molar-refractivity contribution is -0.124. The highest BCUT2D eigenvalue weighted by Crippen LogP contribution is 2.22. The van der Waals surface area contributed by atoms with Crippen molar-refractivity contribution in [2.75, 3.05) is 39.5 Å². The maximum Gasteiger partial charge on any atom is 0.338 e. The highest BCUT2D eigenvalue weighted by Gasteiger charge is 2.30. The van der Waals surface area contributed by atoms with Crippen molar-refractivity contribution in [1.82, 2.24) is 9.62 Å². The fourth-order valence-electron chi connectivity index (χ4n) is 3.19. The Hall–Kier alpha value is -2.82. The third kappa shape index (κ3) is 5.90. The third-order valence-corrected chi connectivity index (χ3v) is 6.98. The quantitative estimate of drug-likeness (QED) is 0.599. The molecule has 1 N–H and O–H groups in total. The van der Waals surface area contributed by atoms with E-state index in [1.165, 1.54) is 0 Å². The van der Waals surface area contributed by atoms with Gasteiger partial charge in [0.2, 0.25) is 10.0 Å². The topological polar surface area (TPSA) is 102 Å². The molecule has 2 aromatic carbocycles. The molecule has 0 spiro atoms. The van der Waals surface area contributed by atoms with Gasteiger partial charge < -0.3 is 14.8 Å². The van der Waals surface area contributed by atoms with Crippen LogP contribution in [-0.2, 0) is 24.3 Å². The van der Waals surface area contributed by atoms with Crippen LogP contribution in [0.5, 0.6) is 0 Å². The Morgan fingerprint density at radius 3 is 2.53 bits per heavy atom. The van der Waals surface area contributed by atoms with Gasteiger partial charge in [0.15, 0.2) is 6.61 Å². The number of morpholine rings is 1. The highest BCUT2D eigenvalue weighted by molar-refractivity contribution is 7.89. The number of ether oxygens (including phenoxy) is 2. The Labute approximate surface area is 186 Å². The first-order chi connectivity index (χ1) is 15.3. The van der Waals surface area contributed by atoms with Crippen LogP contribution in [0.15, 0.2) is 53.4 Å². The summed E-state index contributed by atoms with van der Waals surface area (Å²) in [6.45, 7) is 2.38. The van der Waals surface area contributed by atoms with Crippen LogP contribution < -0.4 is 5.32 Å². The molecule has 0 bridgehead atoms. The molecular weight excluding hydrogens is 439 g/mol. The number of hydrogen-bond donors (Lipinski definition) is 1. The van der Waals surface area contributed by atoms with Crippen LogP contribution in [0.1, 0.15) is 28.8 Å². The van der Waals surface area contributed by atoms with E-state index in [-0.39, 0.29) is 37.8 Å². The van der Waals surface area contributed by atoms with Gasteiger partial charge in [0, 0.05) is 19.6 Å². The van der Waals surface area contributed by atoms with Crippen molar-refractivity contribution in [3.8, 4) is 0 Å². The maximum atomic E-state index is 14.3. The summed E-state index contributed by atoms with van der Waals surface area (Å²) in [5.41, 5.74) is 0.897. The van der Waals surface area contributed by atoms with Gasteiger partial charge in [-0.05, 0) is 29.7 Å². The molecule has 0 aromatic heterocycles. The van der Waals surface area contributed by atoms with Crippen molar-refractivity contribution in [1.29, 1.82) is 0 Å². The van der Waals surface area contributed by atoms with Crippen LogP contribution in [0.25, 0.3) is 0 Å². The van der Waals surface area contributed by atoms with Crippen LogP contribution in [0.2, 0.25) is 0 Å². The van der Waals surface area contributed by atoms with Gasteiger partial charge in [0.25, 0.3) is 5.91 Å². The number of rotatable bonds is 8. The minimum Gasteiger partial charge on any atom is -0.452 e. The summed E-state index contributed by atoms with van der Waals surface area (Å²) >= 11 is 0. The van der Waals surface area contributed by atoms with E-state index in [0.717, 1.165) is 28.1 Å². The van der Waals surface area contributed by atoms with Gasteiger partial charge in [-0.1, -0.05) is 37.3 Å². The zero-order valence-corrected chi connectivity index (χ0v) is 18.4. The Morgan fingerprint density at radius 1 is 1.16 bits per heavy atom. The molecule has 1 heterocycles. The van der Waals surface area contributed by atoms with Crippen LogP contribution in [0, 0.1) is 5.82 Å². The molecule has 0 radical (unpaired) electrons. The van der Waals surface area contributed by atoms with E-state index in [2.05, 4.69) is 5.32 Å². The molecule has 1 aliphatic rings. The van der Waals surface area contributed by atoms with Crippen molar-refractivity contribution in [2.45, 2.75) is 17.7 Å². The standard InChI is InChI=1S/C22H25FN2O6S/c1-16(17-5-3-2-4-6-17)14-24-21(26)15-31-22(27)18-7-8-19(23)20(13-18)32(28,29)25-9-11-30-12-10-25/h2-8,13,16H,9-12,14-15H2,1H3,(H,24,26). The van der Waals surface area contributed by atoms with E-state index in [1.54, 1.807) is 0 Å². The summed E-state index contributed by atoms with van der Waals surface area (Å²) in [7, 11) is -4.13. The summed E-state index contributed by atoms with van der Waals surface area (Å²) in [4.78, 5) is 23.7. The van der Waals surface area contributed by atoms with Crippen molar-refractivity contribution in [3.05, 3.63) is 65.5 Å². The normalized spacial score (nSPS) is 15.7. The monoisotopic (exact) mass is 464 g/mol. The second-order valence-electron chi connectivity index (χ2n) is 7.35. The minimum absolute atomic E-state index is 0.0703. The highest BCUT2D eigenvalue weighted by atomic mass is 32.2. The first-order valence-electron chi connectivity index (χ1n) is 10.1. The lowest BCUT2D eigenvalue weighted by atomic mass is 10.0. The van der Waals surface area contributed by atoms with Gasteiger partial charge in [-0.2, -0.15) is 4.31 Å². The predicted molar refractivity (Wildman–Crippen MR) is 114 cm³/mol.